The Morgan fingerprint density at radius 3 is 2.43 bits per heavy atom. The van der Waals surface area contributed by atoms with Crippen LogP contribution in [-0.2, 0) is 0 Å². The van der Waals surface area contributed by atoms with Crippen LogP contribution in [0, 0.1) is 6.92 Å². The maximum Gasteiger partial charge on any atom is 0.211 e. The highest BCUT2D eigenvalue weighted by Gasteiger charge is 2.19. The number of benzene rings is 2. The van der Waals surface area contributed by atoms with Gasteiger partial charge in [0.1, 0.15) is 22.2 Å². The van der Waals surface area contributed by atoms with Gasteiger partial charge in [0.25, 0.3) is 0 Å². The molecule has 0 aliphatic carbocycles. The number of aromatic amines is 1. The van der Waals surface area contributed by atoms with Crippen LogP contribution >= 0.6 is 12.2 Å². The summed E-state index contributed by atoms with van der Waals surface area (Å²) in [6, 6.07) is 17.9. The number of nitrogens with one attached hydrogen (secondary N) is 1. The van der Waals surface area contributed by atoms with Gasteiger partial charge in [0.15, 0.2) is 5.65 Å². The number of aryl methyl sites for hydroxylation is 1. The Bertz CT molecular complexity index is 1400. The molecule has 0 saturated carbocycles. The summed E-state index contributed by atoms with van der Waals surface area (Å²) in [4.78, 5) is 9.84. The van der Waals surface area contributed by atoms with Crippen LogP contribution < -0.4 is 5.73 Å². The van der Waals surface area contributed by atoms with E-state index in [0.29, 0.717) is 11.2 Å². The topological polar surface area (TPSA) is 97.2 Å². The second kappa shape index (κ2) is 6.21. The zero-order chi connectivity index (χ0) is 19.3. The van der Waals surface area contributed by atoms with Gasteiger partial charge in [0.05, 0.1) is 11.4 Å². The second-order valence-corrected chi connectivity index (χ2v) is 6.85. The Morgan fingerprint density at radius 2 is 1.68 bits per heavy atom. The maximum absolute atomic E-state index is 5.51. The van der Waals surface area contributed by atoms with Gasteiger partial charge in [-0.1, -0.05) is 42.5 Å². The van der Waals surface area contributed by atoms with E-state index in [0.717, 1.165) is 38.8 Å². The number of hydrogen-bond acceptors (Lipinski definition) is 4. The number of rotatable bonds is 2. The molecule has 136 valence electrons. The molecule has 0 atom stereocenters. The molecule has 3 aromatic carbocycles. The summed E-state index contributed by atoms with van der Waals surface area (Å²) in [6.07, 6.45) is 0. The number of para-hydroxylation sites is 1. The van der Waals surface area contributed by atoms with Crippen molar-refractivity contribution >= 4 is 56.0 Å². The molecule has 28 heavy (non-hydrogen) atoms. The molecule has 2 aromatic heterocycles. The predicted octanol–water partition coefficient (Wildman–Crippen LogP) is 4.69. The lowest BCUT2D eigenvalue weighted by molar-refractivity contribution is 0.879. The van der Waals surface area contributed by atoms with Crippen LogP contribution in [0.5, 0.6) is 0 Å². The van der Waals surface area contributed by atoms with E-state index in [2.05, 4.69) is 15.3 Å². The fraction of sp³-hybridized carbons (Fsp3) is 0.0500. The lowest BCUT2D eigenvalue weighted by atomic mass is 10.2. The average molecular weight is 385 g/mol. The van der Waals surface area contributed by atoms with Gasteiger partial charge >= 0.3 is 0 Å². The molecular formula is C20H15N7S. The first kappa shape index (κ1) is 16.5. The number of H-pyrrole nitrogens is 1. The lowest BCUT2D eigenvalue weighted by Crippen LogP contribution is -2.01. The average Bonchev–Trinajstić information content (AvgIpc) is 3.20. The number of thiocarbonyl (C=S) groups is 1. The molecule has 0 radical (unpaired) electrons. The molecule has 0 aliphatic rings. The molecule has 0 unspecified atom stereocenters. The van der Waals surface area contributed by atoms with E-state index < -0.39 is 0 Å². The minimum Gasteiger partial charge on any atom is -0.373 e. The monoisotopic (exact) mass is 385 g/mol. The van der Waals surface area contributed by atoms with E-state index in [1.165, 1.54) is 0 Å². The van der Waals surface area contributed by atoms with E-state index in [-0.39, 0.29) is 5.11 Å². The van der Waals surface area contributed by atoms with Crippen molar-refractivity contribution in [2.45, 2.75) is 6.92 Å². The van der Waals surface area contributed by atoms with Crippen LogP contribution in [0.3, 0.4) is 0 Å². The first-order chi connectivity index (χ1) is 13.6. The Kier molecular flexibility index (Phi) is 3.66. The third-order valence-corrected chi connectivity index (χ3v) is 4.73. The molecule has 0 aliphatic heterocycles. The molecule has 0 saturated heterocycles. The third-order valence-electron chi connectivity index (χ3n) is 4.65. The van der Waals surface area contributed by atoms with Crippen molar-refractivity contribution in [3.63, 3.8) is 0 Å². The molecule has 5 aromatic rings. The Hall–Kier alpha value is -3.65. The Labute approximate surface area is 164 Å². The van der Waals surface area contributed by atoms with Crippen molar-refractivity contribution in [3.05, 3.63) is 60.3 Å². The highest BCUT2D eigenvalue weighted by Crippen LogP contribution is 2.39. The van der Waals surface area contributed by atoms with Gasteiger partial charge < -0.3 is 5.73 Å². The Balaban J connectivity index is 1.90. The third kappa shape index (κ3) is 2.46. The van der Waals surface area contributed by atoms with Crippen molar-refractivity contribution in [1.82, 2.24) is 19.7 Å². The zero-order valence-electron chi connectivity index (χ0n) is 14.9. The molecule has 0 amide bonds. The van der Waals surface area contributed by atoms with Crippen molar-refractivity contribution in [2.75, 3.05) is 0 Å². The van der Waals surface area contributed by atoms with Gasteiger partial charge in [-0.05, 0) is 31.3 Å². The van der Waals surface area contributed by atoms with Crippen molar-refractivity contribution in [2.24, 2.45) is 16.0 Å². The van der Waals surface area contributed by atoms with E-state index in [4.69, 9.17) is 27.9 Å². The first-order valence-corrected chi connectivity index (χ1v) is 9.10. The fourth-order valence-electron chi connectivity index (χ4n) is 3.45. The summed E-state index contributed by atoms with van der Waals surface area (Å²) in [5, 5.41) is 13.3. The van der Waals surface area contributed by atoms with Gasteiger partial charge in [0.2, 0.25) is 5.11 Å². The summed E-state index contributed by atoms with van der Waals surface area (Å²) < 4.78 is 1.94. The highest BCUT2D eigenvalue weighted by molar-refractivity contribution is 7.80. The Morgan fingerprint density at radius 1 is 0.964 bits per heavy atom. The molecule has 0 fully saturated rings. The summed E-state index contributed by atoms with van der Waals surface area (Å²) >= 11 is 4.84. The predicted molar refractivity (Wildman–Crippen MR) is 114 cm³/mol. The number of fused-ring (bicyclic) bond motifs is 4. The van der Waals surface area contributed by atoms with Crippen LogP contribution in [-0.4, -0.2) is 24.9 Å². The molecular weight excluding hydrogens is 370 g/mol. The van der Waals surface area contributed by atoms with E-state index in [1.807, 2.05) is 66.2 Å². The quantitative estimate of drug-likeness (QED) is 0.340. The molecule has 3 N–H and O–H groups in total. The van der Waals surface area contributed by atoms with Crippen LogP contribution in [0.4, 0.5) is 5.69 Å². The van der Waals surface area contributed by atoms with Crippen LogP contribution in [0.25, 0.3) is 38.7 Å². The molecule has 7 nitrogen and oxygen atoms in total. The normalized spacial score (nSPS) is 11.9. The SMILES string of the molecule is Cc1[nH]n(-c2ccccc2)c2nc3c(nc12)c(N=NC(N)=S)c1ccccc13. The number of nitrogens with zero attached hydrogens (tertiary/aromatic N) is 5. The van der Waals surface area contributed by atoms with E-state index in [9.17, 15) is 0 Å². The van der Waals surface area contributed by atoms with Crippen molar-refractivity contribution in [3.8, 4) is 5.69 Å². The van der Waals surface area contributed by atoms with Crippen LogP contribution in [0.1, 0.15) is 5.69 Å². The smallest absolute Gasteiger partial charge is 0.211 e. The van der Waals surface area contributed by atoms with Gasteiger partial charge in [-0.15, -0.1) is 10.2 Å². The number of aromatic nitrogens is 4. The minimum atomic E-state index is -0.0211. The van der Waals surface area contributed by atoms with Gasteiger partial charge in [-0.3, -0.25) is 5.10 Å². The lowest BCUT2D eigenvalue weighted by Gasteiger charge is -2.03. The number of hydrogen-bond donors (Lipinski definition) is 2. The van der Waals surface area contributed by atoms with Gasteiger partial charge in [-0.2, -0.15) is 0 Å². The highest BCUT2D eigenvalue weighted by atomic mass is 32.1. The van der Waals surface area contributed by atoms with E-state index in [1.54, 1.807) is 0 Å². The standard InChI is InChI=1S/C20H15N7S/c1-11-15-19(27(26-11)12-7-3-2-4-8-12)23-16-13-9-5-6-10-14(13)17(18(16)22-15)24-25-20(21)28/h2-10,26H,1H3,(H2,21,28). The zero-order valence-corrected chi connectivity index (χ0v) is 15.7. The van der Waals surface area contributed by atoms with Crippen LogP contribution in [0.15, 0.2) is 64.8 Å². The molecule has 8 heteroatoms. The largest absolute Gasteiger partial charge is 0.373 e. The van der Waals surface area contributed by atoms with E-state index >= 15 is 0 Å². The van der Waals surface area contributed by atoms with Crippen LogP contribution in [0.2, 0.25) is 0 Å². The number of nitrogens with two attached hydrogens (primary N) is 1. The second-order valence-electron chi connectivity index (χ2n) is 6.43. The summed E-state index contributed by atoms with van der Waals surface area (Å²) in [6.45, 7) is 1.97. The van der Waals surface area contributed by atoms with Gasteiger partial charge in [-0.25, -0.2) is 14.6 Å². The van der Waals surface area contributed by atoms with Gasteiger partial charge in [0, 0.05) is 10.8 Å². The summed E-state index contributed by atoms with van der Waals surface area (Å²) in [7, 11) is 0. The van der Waals surface area contributed by atoms with Crippen molar-refractivity contribution < 1.29 is 0 Å². The molecule has 2 heterocycles. The summed E-state index contributed by atoms with van der Waals surface area (Å²) in [5.41, 5.74) is 11.0. The van der Waals surface area contributed by atoms with Crippen molar-refractivity contribution in [1.29, 1.82) is 0 Å². The maximum atomic E-state index is 5.51. The fourth-order valence-corrected chi connectivity index (χ4v) is 3.49. The molecule has 0 spiro atoms. The minimum absolute atomic E-state index is 0.0211. The molecule has 0 bridgehead atoms. The first-order valence-electron chi connectivity index (χ1n) is 8.69. The number of azo groups is 1. The summed E-state index contributed by atoms with van der Waals surface area (Å²) in [5.74, 6) is 0. The molecule has 5 rings (SSSR count).